The van der Waals surface area contributed by atoms with Gasteiger partial charge in [0.25, 0.3) is 0 Å². The van der Waals surface area contributed by atoms with Gasteiger partial charge in [-0.1, -0.05) is 18.2 Å². The fraction of sp³-hybridized carbons (Fsp3) is 0.381. The van der Waals surface area contributed by atoms with E-state index in [1.54, 1.807) is 17.3 Å². The van der Waals surface area contributed by atoms with Gasteiger partial charge in [0.15, 0.2) is 5.82 Å². The maximum atomic E-state index is 13.3. The van der Waals surface area contributed by atoms with Crippen LogP contribution in [0.2, 0.25) is 0 Å². The van der Waals surface area contributed by atoms with Gasteiger partial charge in [0.2, 0.25) is 5.91 Å². The molecule has 1 amide bonds. The molecular weight excluding hydrogens is 366 g/mol. The highest BCUT2D eigenvalue weighted by Crippen LogP contribution is 2.35. The van der Waals surface area contributed by atoms with Crippen LogP contribution in [0.5, 0.6) is 0 Å². The van der Waals surface area contributed by atoms with Crippen molar-refractivity contribution in [2.45, 2.75) is 32.2 Å². The van der Waals surface area contributed by atoms with Crippen LogP contribution in [0.15, 0.2) is 49.3 Å². The van der Waals surface area contributed by atoms with Crippen LogP contribution in [0, 0.1) is 5.92 Å². The maximum Gasteiger partial charge on any atom is 0.230 e. The van der Waals surface area contributed by atoms with Crippen molar-refractivity contribution < 1.29 is 4.79 Å². The van der Waals surface area contributed by atoms with E-state index in [9.17, 15) is 4.79 Å². The van der Waals surface area contributed by atoms with E-state index < -0.39 is 0 Å². The largest absolute Gasteiger partial charge is 0.356 e. The molecule has 1 atom stereocenters. The Morgan fingerprint density at radius 1 is 1.07 bits per heavy atom. The zero-order valence-electron chi connectivity index (χ0n) is 16.3. The summed E-state index contributed by atoms with van der Waals surface area (Å²) >= 11 is 0. The van der Waals surface area contributed by atoms with Crippen molar-refractivity contribution in [3.63, 3.8) is 0 Å². The molecule has 5 rings (SSSR count). The number of hydrogen-bond acceptors (Lipinski definition) is 6. The van der Waals surface area contributed by atoms with Crippen LogP contribution in [-0.4, -0.2) is 49.8 Å². The van der Waals surface area contributed by atoms with Crippen molar-refractivity contribution in [2.75, 3.05) is 22.9 Å². The molecule has 0 spiro atoms. The zero-order valence-corrected chi connectivity index (χ0v) is 16.3. The van der Waals surface area contributed by atoms with E-state index in [1.807, 2.05) is 23.1 Å². The quantitative estimate of drug-likeness (QED) is 0.684. The third-order valence-electron chi connectivity index (χ3n) is 5.90. The van der Waals surface area contributed by atoms with Gasteiger partial charge in [-0.3, -0.25) is 4.79 Å². The van der Waals surface area contributed by atoms with Gasteiger partial charge in [-0.05, 0) is 37.8 Å². The molecule has 4 heterocycles. The van der Waals surface area contributed by atoms with Crippen LogP contribution in [0.1, 0.15) is 25.3 Å². The molecule has 0 radical (unpaired) electrons. The number of rotatable bonds is 3. The van der Waals surface area contributed by atoms with Crippen LogP contribution in [0.4, 0.5) is 11.5 Å². The summed E-state index contributed by atoms with van der Waals surface area (Å²) in [7, 11) is 0. The lowest BCUT2D eigenvalue weighted by molar-refractivity contribution is -0.123. The topological polar surface area (TPSA) is 80.0 Å². The van der Waals surface area contributed by atoms with Gasteiger partial charge in [-0.25, -0.2) is 19.6 Å². The second-order valence-corrected chi connectivity index (χ2v) is 7.73. The fourth-order valence-corrected chi connectivity index (χ4v) is 4.42. The smallest absolute Gasteiger partial charge is 0.230 e. The molecule has 2 aliphatic rings. The molecule has 1 saturated heterocycles. The molecule has 8 heteroatoms. The Bertz CT molecular complexity index is 1010. The van der Waals surface area contributed by atoms with E-state index in [1.165, 1.54) is 11.9 Å². The van der Waals surface area contributed by atoms with E-state index >= 15 is 0 Å². The average molecular weight is 389 g/mol. The Morgan fingerprint density at radius 3 is 2.66 bits per heavy atom. The number of nitrogens with zero attached hydrogens (tertiary/aromatic N) is 7. The van der Waals surface area contributed by atoms with Crippen LogP contribution < -0.4 is 9.80 Å². The fourth-order valence-electron chi connectivity index (χ4n) is 4.42. The first kappa shape index (κ1) is 17.8. The summed E-state index contributed by atoms with van der Waals surface area (Å²) in [4.78, 5) is 30.2. The van der Waals surface area contributed by atoms with Crippen LogP contribution in [0.25, 0.3) is 5.82 Å². The third kappa shape index (κ3) is 3.24. The monoisotopic (exact) mass is 389 g/mol. The van der Waals surface area contributed by atoms with Gasteiger partial charge in [0.1, 0.15) is 24.8 Å². The van der Waals surface area contributed by atoms with E-state index in [4.69, 9.17) is 0 Å². The van der Waals surface area contributed by atoms with Crippen molar-refractivity contribution >= 4 is 17.4 Å². The molecule has 148 valence electrons. The first-order chi connectivity index (χ1) is 14.2. The minimum Gasteiger partial charge on any atom is -0.356 e. The lowest BCUT2D eigenvalue weighted by Crippen LogP contribution is -2.45. The summed E-state index contributed by atoms with van der Waals surface area (Å²) < 4.78 is 1.62. The van der Waals surface area contributed by atoms with Gasteiger partial charge in [0.05, 0.1) is 0 Å². The number of fused-ring (bicyclic) bond motifs is 1. The Hall–Kier alpha value is -3.29. The van der Waals surface area contributed by atoms with Crippen LogP contribution >= 0.6 is 0 Å². The number of carbonyl (C=O) groups excluding carboxylic acids is 1. The highest BCUT2D eigenvalue weighted by Gasteiger charge is 2.36. The molecule has 0 bridgehead atoms. The van der Waals surface area contributed by atoms with E-state index in [-0.39, 0.29) is 17.9 Å². The van der Waals surface area contributed by atoms with Crippen molar-refractivity contribution in [1.29, 1.82) is 0 Å². The normalized spacial score (nSPS) is 19.4. The Balaban J connectivity index is 1.28. The molecule has 2 aliphatic heterocycles. The molecule has 0 N–H and O–H groups in total. The van der Waals surface area contributed by atoms with Gasteiger partial charge in [0, 0.05) is 36.8 Å². The minimum atomic E-state index is 0.0523. The van der Waals surface area contributed by atoms with Gasteiger partial charge >= 0.3 is 0 Å². The van der Waals surface area contributed by atoms with E-state index in [0.29, 0.717) is 5.82 Å². The lowest BCUT2D eigenvalue weighted by atomic mass is 9.94. The number of anilines is 2. The number of aromatic nitrogens is 5. The minimum absolute atomic E-state index is 0.0523. The maximum absolute atomic E-state index is 13.3. The van der Waals surface area contributed by atoms with Gasteiger partial charge < -0.3 is 9.80 Å². The Kier molecular flexibility index (Phi) is 4.46. The van der Waals surface area contributed by atoms with Crippen LogP contribution in [0.3, 0.4) is 0 Å². The average Bonchev–Trinajstić information content (AvgIpc) is 3.41. The molecule has 29 heavy (non-hydrogen) atoms. The summed E-state index contributed by atoms with van der Waals surface area (Å²) in [6.45, 7) is 3.74. The summed E-state index contributed by atoms with van der Waals surface area (Å²) in [5.74, 6) is 1.86. The highest BCUT2D eigenvalue weighted by atomic mass is 16.2. The molecule has 8 nitrogen and oxygen atoms in total. The summed E-state index contributed by atoms with van der Waals surface area (Å²) in [6.07, 6.45) is 7.24. The molecular formula is C21H23N7O. The first-order valence-corrected chi connectivity index (χ1v) is 10.0. The molecule has 0 aliphatic carbocycles. The van der Waals surface area contributed by atoms with Crippen molar-refractivity contribution in [3.05, 3.63) is 54.9 Å². The number of amides is 1. The summed E-state index contributed by atoms with van der Waals surface area (Å²) in [6, 6.07) is 10.4. The number of carbonyl (C=O) groups is 1. The number of benzene rings is 1. The lowest BCUT2D eigenvalue weighted by Gasteiger charge is -2.35. The number of hydrogen-bond donors (Lipinski definition) is 0. The highest BCUT2D eigenvalue weighted by molar-refractivity contribution is 5.97. The zero-order chi connectivity index (χ0) is 19.8. The summed E-state index contributed by atoms with van der Waals surface area (Å²) in [5, 5.41) is 4.12. The molecule has 0 saturated carbocycles. The molecule has 3 aromatic rings. The molecule has 1 unspecified atom stereocenters. The standard InChI is InChI=1S/C21H23N7O/c1-15-10-17-4-2-3-5-18(17)28(15)21(29)16-6-8-26(9-7-16)19-11-20(24-13-23-19)27-14-22-12-25-27/h2-5,11-16H,6-10H2,1H3. The van der Waals surface area contributed by atoms with E-state index in [0.717, 1.165) is 43.9 Å². The van der Waals surface area contributed by atoms with Gasteiger partial charge in [-0.2, -0.15) is 5.10 Å². The van der Waals surface area contributed by atoms with Crippen molar-refractivity contribution in [2.24, 2.45) is 5.92 Å². The van der Waals surface area contributed by atoms with Crippen LogP contribution in [-0.2, 0) is 11.2 Å². The number of para-hydroxylation sites is 1. The third-order valence-corrected chi connectivity index (χ3v) is 5.90. The predicted octanol–water partition coefficient (Wildman–Crippen LogP) is 2.25. The molecule has 2 aromatic heterocycles. The first-order valence-electron chi connectivity index (χ1n) is 10.0. The SMILES string of the molecule is CC1Cc2ccccc2N1C(=O)C1CCN(c2cc(-n3cncn3)ncn2)CC1. The molecule has 1 fully saturated rings. The summed E-state index contributed by atoms with van der Waals surface area (Å²) in [5.41, 5.74) is 2.35. The second kappa shape index (κ2) is 7.27. The van der Waals surface area contributed by atoms with Crippen molar-refractivity contribution in [1.82, 2.24) is 24.7 Å². The van der Waals surface area contributed by atoms with E-state index in [2.05, 4.69) is 44.0 Å². The van der Waals surface area contributed by atoms with Crippen molar-refractivity contribution in [3.8, 4) is 5.82 Å². The predicted molar refractivity (Wildman–Crippen MR) is 109 cm³/mol. The molecule has 1 aromatic carbocycles. The second-order valence-electron chi connectivity index (χ2n) is 7.73. The number of piperidine rings is 1. The Labute approximate surface area is 169 Å². The Morgan fingerprint density at radius 2 is 1.86 bits per heavy atom. The van der Waals surface area contributed by atoms with Gasteiger partial charge in [-0.15, -0.1) is 0 Å².